The van der Waals surface area contributed by atoms with E-state index in [9.17, 15) is 0 Å². The lowest BCUT2D eigenvalue weighted by Gasteiger charge is -2.08. The molecule has 0 heterocycles. The van der Waals surface area contributed by atoms with Gasteiger partial charge in [0.1, 0.15) is 6.10 Å². The van der Waals surface area contributed by atoms with E-state index >= 15 is 0 Å². The number of rotatable bonds is 4. The predicted molar refractivity (Wildman–Crippen MR) is 29.8 cm³/mol. The van der Waals surface area contributed by atoms with Gasteiger partial charge in [0.15, 0.2) is 0 Å². The Morgan fingerprint density at radius 2 is 2.12 bits per heavy atom. The first-order valence-electron chi connectivity index (χ1n) is 2.47. The lowest BCUT2D eigenvalue weighted by atomic mass is 10.4. The molecule has 0 saturated carbocycles. The third-order valence-electron chi connectivity index (χ3n) is 0.890. The molecular weight excluding hydrogens is 108 g/mol. The van der Waals surface area contributed by atoms with E-state index in [1.807, 2.05) is 0 Å². The van der Waals surface area contributed by atoms with Crippen LogP contribution in [0.1, 0.15) is 0 Å². The van der Waals surface area contributed by atoms with Crippen LogP contribution in [-0.4, -0.2) is 38.6 Å². The Morgan fingerprint density at radius 1 is 1.50 bits per heavy atom. The molecule has 0 amide bonds. The predicted octanol–water partition coefficient (Wildman–Crippen LogP) is -0.360. The van der Waals surface area contributed by atoms with Gasteiger partial charge in [-0.15, -0.1) is 0 Å². The van der Waals surface area contributed by atoms with Crippen LogP contribution in [0.25, 0.3) is 0 Å². The van der Waals surface area contributed by atoms with Crippen LogP contribution in [0.15, 0.2) is 0 Å². The van der Waals surface area contributed by atoms with Crippen LogP contribution in [0, 0.1) is 0 Å². The van der Waals surface area contributed by atoms with E-state index < -0.39 is 0 Å². The molecule has 0 aromatic heterocycles. The van der Waals surface area contributed by atoms with E-state index in [2.05, 4.69) is 0 Å². The summed E-state index contributed by atoms with van der Waals surface area (Å²) < 4.78 is 9.47. The Morgan fingerprint density at radius 3 is 2.25 bits per heavy atom. The minimum atomic E-state index is -0.167. The van der Waals surface area contributed by atoms with Gasteiger partial charge in [-0.1, -0.05) is 0 Å². The molecule has 0 aliphatic carbocycles. The van der Waals surface area contributed by atoms with Crippen molar-refractivity contribution < 1.29 is 14.6 Å². The molecule has 0 aliphatic rings. The Labute approximate surface area is 49.2 Å². The van der Waals surface area contributed by atoms with Crippen molar-refractivity contribution in [2.75, 3.05) is 27.4 Å². The fourth-order valence-electron chi connectivity index (χ4n) is 0.381. The van der Waals surface area contributed by atoms with E-state index in [1.54, 1.807) is 14.2 Å². The summed E-state index contributed by atoms with van der Waals surface area (Å²) in [5.41, 5.74) is 0. The zero-order valence-corrected chi connectivity index (χ0v) is 5.26. The van der Waals surface area contributed by atoms with Crippen LogP contribution in [-0.2, 0) is 9.47 Å². The molecule has 0 rings (SSSR count). The van der Waals surface area contributed by atoms with Crippen molar-refractivity contribution in [3.05, 3.63) is 0 Å². The van der Waals surface area contributed by atoms with Gasteiger partial charge in [0, 0.05) is 14.2 Å². The van der Waals surface area contributed by atoms with Gasteiger partial charge < -0.3 is 14.6 Å². The van der Waals surface area contributed by atoms with Crippen molar-refractivity contribution in [3.8, 4) is 0 Å². The van der Waals surface area contributed by atoms with E-state index in [0.29, 0.717) is 6.61 Å². The summed E-state index contributed by atoms with van der Waals surface area (Å²) in [5, 5.41) is 8.45. The van der Waals surface area contributed by atoms with Gasteiger partial charge in [-0.05, 0) is 0 Å². The van der Waals surface area contributed by atoms with E-state index in [1.165, 1.54) is 0 Å². The second-order valence-electron chi connectivity index (χ2n) is 1.50. The maximum atomic E-state index is 8.45. The molecule has 0 spiro atoms. The van der Waals surface area contributed by atoms with E-state index in [4.69, 9.17) is 14.6 Å². The normalized spacial score (nSPS) is 13.9. The average Bonchev–Trinajstić information content (AvgIpc) is 1.83. The standard InChI is InChI=1S/C5H12O3/c1-7-4-5(3-6)8-2/h5-6H,3-4H2,1-2H3/t5-/m1/s1. The minimum absolute atomic E-state index is 0.0182. The highest BCUT2D eigenvalue weighted by atomic mass is 16.5. The molecule has 3 heteroatoms. The van der Waals surface area contributed by atoms with Gasteiger partial charge in [0.25, 0.3) is 0 Å². The number of aliphatic hydroxyl groups is 1. The molecule has 0 radical (unpaired) electrons. The smallest absolute Gasteiger partial charge is 0.103 e. The second kappa shape index (κ2) is 5.03. The number of hydrogen-bond acceptors (Lipinski definition) is 3. The van der Waals surface area contributed by atoms with Crippen LogP contribution in [0.3, 0.4) is 0 Å². The number of aliphatic hydroxyl groups excluding tert-OH is 1. The number of hydrogen-bond donors (Lipinski definition) is 1. The Hall–Kier alpha value is -0.120. The molecule has 1 N–H and O–H groups in total. The monoisotopic (exact) mass is 120 g/mol. The fourth-order valence-corrected chi connectivity index (χ4v) is 0.381. The molecule has 50 valence electrons. The largest absolute Gasteiger partial charge is 0.394 e. The van der Waals surface area contributed by atoms with Gasteiger partial charge >= 0.3 is 0 Å². The highest BCUT2D eigenvalue weighted by Gasteiger charge is 2.01. The van der Waals surface area contributed by atoms with Gasteiger partial charge in [-0.2, -0.15) is 0 Å². The summed E-state index contributed by atoms with van der Waals surface area (Å²) in [6, 6.07) is 0. The maximum Gasteiger partial charge on any atom is 0.103 e. The molecule has 3 nitrogen and oxygen atoms in total. The summed E-state index contributed by atoms with van der Waals surface area (Å²) in [5.74, 6) is 0. The molecule has 0 unspecified atom stereocenters. The molecular formula is C5H12O3. The van der Waals surface area contributed by atoms with Crippen molar-refractivity contribution in [3.63, 3.8) is 0 Å². The van der Waals surface area contributed by atoms with Gasteiger partial charge in [0.05, 0.1) is 13.2 Å². The highest BCUT2D eigenvalue weighted by molar-refractivity contribution is 4.49. The second-order valence-corrected chi connectivity index (χ2v) is 1.50. The summed E-state index contributed by atoms with van der Waals surface area (Å²) >= 11 is 0. The van der Waals surface area contributed by atoms with Crippen molar-refractivity contribution >= 4 is 0 Å². The van der Waals surface area contributed by atoms with Crippen LogP contribution < -0.4 is 0 Å². The van der Waals surface area contributed by atoms with E-state index in [-0.39, 0.29) is 12.7 Å². The van der Waals surface area contributed by atoms with Crippen molar-refractivity contribution in [1.82, 2.24) is 0 Å². The van der Waals surface area contributed by atoms with Crippen molar-refractivity contribution in [2.24, 2.45) is 0 Å². The van der Waals surface area contributed by atoms with Crippen molar-refractivity contribution in [2.45, 2.75) is 6.10 Å². The van der Waals surface area contributed by atoms with Crippen molar-refractivity contribution in [1.29, 1.82) is 0 Å². The first-order chi connectivity index (χ1) is 3.85. The summed E-state index contributed by atoms with van der Waals surface area (Å²) in [6.45, 7) is 0.470. The fraction of sp³-hybridized carbons (Fsp3) is 1.00. The quantitative estimate of drug-likeness (QED) is 0.550. The lowest BCUT2D eigenvalue weighted by Crippen LogP contribution is -2.21. The molecule has 0 aromatic rings. The number of ether oxygens (including phenoxy) is 2. The number of methoxy groups -OCH3 is 2. The minimum Gasteiger partial charge on any atom is -0.394 e. The molecule has 0 saturated heterocycles. The SMILES string of the molecule is COC[C@@H](CO)OC. The summed E-state index contributed by atoms with van der Waals surface area (Å²) in [7, 11) is 3.11. The van der Waals surface area contributed by atoms with E-state index in [0.717, 1.165) is 0 Å². The molecule has 0 aromatic carbocycles. The molecule has 0 fully saturated rings. The third-order valence-corrected chi connectivity index (χ3v) is 0.890. The van der Waals surface area contributed by atoms with Crippen LogP contribution in [0.4, 0.5) is 0 Å². The topological polar surface area (TPSA) is 38.7 Å². The van der Waals surface area contributed by atoms with Gasteiger partial charge in [-0.25, -0.2) is 0 Å². The highest BCUT2D eigenvalue weighted by Crippen LogP contribution is 1.86. The third kappa shape index (κ3) is 2.96. The van der Waals surface area contributed by atoms with Crippen LogP contribution in [0.5, 0.6) is 0 Å². The molecule has 8 heavy (non-hydrogen) atoms. The Balaban J connectivity index is 3.07. The average molecular weight is 120 g/mol. The van der Waals surface area contributed by atoms with Crippen LogP contribution >= 0.6 is 0 Å². The zero-order chi connectivity index (χ0) is 6.41. The first kappa shape index (κ1) is 7.88. The van der Waals surface area contributed by atoms with Crippen LogP contribution in [0.2, 0.25) is 0 Å². The Kier molecular flexibility index (Phi) is 4.95. The maximum absolute atomic E-state index is 8.45. The zero-order valence-electron chi connectivity index (χ0n) is 5.26. The molecule has 1 atom stereocenters. The lowest BCUT2D eigenvalue weighted by molar-refractivity contribution is -0.00534. The molecule has 0 bridgehead atoms. The van der Waals surface area contributed by atoms with Gasteiger partial charge in [-0.3, -0.25) is 0 Å². The van der Waals surface area contributed by atoms with Gasteiger partial charge in [0.2, 0.25) is 0 Å². The first-order valence-corrected chi connectivity index (χ1v) is 2.47. The summed E-state index contributed by atoms with van der Waals surface area (Å²) in [6.07, 6.45) is -0.167. The molecule has 0 aliphatic heterocycles. The Bertz CT molecular complexity index is 42.9. The summed E-state index contributed by atoms with van der Waals surface area (Å²) in [4.78, 5) is 0.